The molecule has 0 spiro atoms. The number of fused-ring (bicyclic) bond motifs is 1. The van der Waals surface area contributed by atoms with Crippen molar-refractivity contribution in [3.63, 3.8) is 0 Å². The van der Waals surface area contributed by atoms with E-state index in [1.807, 2.05) is 36.4 Å². The number of hydrogen-bond acceptors (Lipinski definition) is 4. The zero-order valence-electron chi connectivity index (χ0n) is 18.1. The van der Waals surface area contributed by atoms with Crippen LogP contribution in [0.4, 0.5) is 5.69 Å². The van der Waals surface area contributed by atoms with Gasteiger partial charge in [-0.15, -0.1) is 0 Å². The van der Waals surface area contributed by atoms with Crippen molar-refractivity contribution in [2.24, 2.45) is 4.99 Å². The fraction of sp³-hybridized carbons (Fsp3) is 0.0370. The molecule has 0 aromatic heterocycles. The largest absolute Gasteiger partial charge is 0.488 e. The first-order valence-corrected chi connectivity index (χ1v) is 13.0. The number of thioether (sulfide) groups is 1. The third-order valence-electron chi connectivity index (χ3n) is 5.30. The van der Waals surface area contributed by atoms with Gasteiger partial charge in [-0.1, -0.05) is 71.7 Å². The third-order valence-corrected chi connectivity index (χ3v) is 7.38. The summed E-state index contributed by atoms with van der Waals surface area (Å²) in [7, 11) is 0. The molecule has 1 aliphatic heterocycles. The number of benzene rings is 4. The van der Waals surface area contributed by atoms with Gasteiger partial charge < -0.3 is 10.1 Å². The molecular formula is C27H17BrCl2N2O2S. The Labute approximate surface area is 225 Å². The van der Waals surface area contributed by atoms with Gasteiger partial charge in [-0.05, 0) is 86.0 Å². The number of nitrogens with one attached hydrogen (secondary N) is 1. The maximum Gasteiger partial charge on any atom is 0.264 e. The predicted molar refractivity (Wildman–Crippen MR) is 150 cm³/mol. The first-order valence-electron chi connectivity index (χ1n) is 10.6. The molecule has 0 saturated carbocycles. The van der Waals surface area contributed by atoms with Crippen LogP contribution in [0, 0.1) is 0 Å². The van der Waals surface area contributed by atoms with Gasteiger partial charge in [0.25, 0.3) is 5.91 Å². The van der Waals surface area contributed by atoms with Crippen LogP contribution in [0.5, 0.6) is 5.75 Å². The summed E-state index contributed by atoms with van der Waals surface area (Å²) >= 11 is 17.0. The number of amidine groups is 1. The average molecular weight is 584 g/mol. The minimum atomic E-state index is -0.223. The normalized spacial score (nSPS) is 15.7. The zero-order valence-corrected chi connectivity index (χ0v) is 22.0. The predicted octanol–water partition coefficient (Wildman–Crippen LogP) is 8.38. The number of ether oxygens (including phenoxy) is 1. The standard InChI is InChI=1S/C27H17BrCl2N2O2S/c28-21-12-16(8-11-24(21)34-15-18-6-3-5-17-4-1-2-7-20(17)18)13-25-26(33)32-27(35-25)31-23-14-19(29)9-10-22(23)30/h1-14H,15H2,(H,31,32,33)/b25-13+. The molecule has 8 heteroatoms. The van der Waals surface area contributed by atoms with Gasteiger partial charge in [0.05, 0.1) is 20.1 Å². The number of rotatable bonds is 5. The highest BCUT2D eigenvalue weighted by Crippen LogP contribution is 2.34. The molecule has 1 fully saturated rings. The van der Waals surface area contributed by atoms with Crippen molar-refractivity contribution in [3.05, 3.63) is 109 Å². The lowest BCUT2D eigenvalue weighted by molar-refractivity contribution is -0.115. The molecule has 1 saturated heterocycles. The molecule has 1 amide bonds. The van der Waals surface area contributed by atoms with Crippen LogP contribution in [-0.2, 0) is 11.4 Å². The highest BCUT2D eigenvalue weighted by atomic mass is 79.9. The van der Waals surface area contributed by atoms with Crippen molar-refractivity contribution < 1.29 is 9.53 Å². The van der Waals surface area contributed by atoms with E-state index in [0.717, 1.165) is 21.3 Å². The van der Waals surface area contributed by atoms with Gasteiger partial charge in [0, 0.05) is 5.02 Å². The molecule has 4 aromatic rings. The third kappa shape index (κ3) is 5.57. The lowest BCUT2D eigenvalue weighted by atomic mass is 10.1. The molecule has 0 aliphatic carbocycles. The lowest BCUT2D eigenvalue weighted by Gasteiger charge is -2.11. The van der Waals surface area contributed by atoms with Crippen LogP contribution in [0.25, 0.3) is 16.8 Å². The summed E-state index contributed by atoms with van der Waals surface area (Å²) in [6.07, 6.45) is 1.81. The molecule has 0 radical (unpaired) electrons. The van der Waals surface area contributed by atoms with Gasteiger partial charge >= 0.3 is 0 Å². The molecule has 35 heavy (non-hydrogen) atoms. The number of amides is 1. The fourth-order valence-corrected chi connectivity index (χ4v) is 5.28. The van der Waals surface area contributed by atoms with Crippen molar-refractivity contribution in [1.82, 2.24) is 5.32 Å². The molecule has 1 heterocycles. The van der Waals surface area contributed by atoms with Crippen LogP contribution < -0.4 is 10.1 Å². The molecule has 0 bridgehead atoms. The number of halogens is 3. The molecule has 4 nitrogen and oxygen atoms in total. The van der Waals surface area contributed by atoms with E-state index in [2.05, 4.69) is 50.5 Å². The fourth-order valence-electron chi connectivity index (χ4n) is 3.61. The highest BCUT2D eigenvalue weighted by Gasteiger charge is 2.24. The van der Waals surface area contributed by atoms with E-state index in [-0.39, 0.29) is 5.91 Å². The summed E-state index contributed by atoms with van der Waals surface area (Å²) in [5.41, 5.74) is 2.47. The summed E-state index contributed by atoms with van der Waals surface area (Å²) in [6.45, 7) is 0.449. The molecule has 174 valence electrons. The van der Waals surface area contributed by atoms with Gasteiger partial charge in [0.1, 0.15) is 12.4 Å². The van der Waals surface area contributed by atoms with Crippen molar-refractivity contribution in [2.75, 3.05) is 0 Å². The Morgan fingerprint density at radius 1 is 1.00 bits per heavy atom. The SMILES string of the molecule is O=C1NC(=Nc2cc(Cl)ccc2Cl)S/C1=C/c1ccc(OCc2cccc3ccccc23)c(Br)c1. The Morgan fingerprint density at radius 2 is 1.83 bits per heavy atom. The molecule has 0 atom stereocenters. The van der Waals surface area contributed by atoms with E-state index >= 15 is 0 Å². The van der Waals surface area contributed by atoms with Gasteiger partial charge in [0.2, 0.25) is 0 Å². The first-order chi connectivity index (χ1) is 17.0. The van der Waals surface area contributed by atoms with E-state index < -0.39 is 0 Å². The van der Waals surface area contributed by atoms with Gasteiger partial charge in [0.15, 0.2) is 5.17 Å². The van der Waals surface area contributed by atoms with Crippen molar-refractivity contribution >= 4 is 84.5 Å². The Hall–Kier alpha value is -2.77. The molecule has 1 N–H and O–H groups in total. The highest BCUT2D eigenvalue weighted by molar-refractivity contribution is 9.10. The summed E-state index contributed by atoms with van der Waals surface area (Å²) in [5, 5.41) is 6.54. The maximum atomic E-state index is 12.5. The minimum absolute atomic E-state index is 0.223. The maximum absolute atomic E-state index is 12.5. The first kappa shape index (κ1) is 23.9. The van der Waals surface area contributed by atoms with Crippen LogP contribution in [0.2, 0.25) is 10.0 Å². The van der Waals surface area contributed by atoms with E-state index in [9.17, 15) is 4.79 Å². The van der Waals surface area contributed by atoms with E-state index in [0.29, 0.717) is 32.4 Å². The summed E-state index contributed by atoms with van der Waals surface area (Å²) < 4.78 is 6.89. The molecule has 5 rings (SSSR count). The average Bonchev–Trinajstić information content (AvgIpc) is 3.19. The quantitative estimate of drug-likeness (QED) is 0.240. The smallest absolute Gasteiger partial charge is 0.264 e. The van der Waals surface area contributed by atoms with Gasteiger partial charge in [-0.3, -0.25) is 4.79 Å². The Kier molecular flexibility index (Phi) is 7.16. The summed E-state index contributed by atoms with van der Waals surface area (Å²) in [5.74, 6) is 0.501. The topological polar surface area (TPSA) is 50.7 Å². The van der Waals surface area contributed by atoms with E-state index in [1.54, 1.807) is 24.3 Å². The number of hydrogen-bond donors (Lipinski definition) is 1. The minimum Gasteiger partial charge on any atom is -0.488 e. The lowest BCUT2D eigenvalue weighted by Crippen LogP contribution is -2.19. The van der Waals surface area contributed by atoms with Crippen LogP contribution >= 0.6 is 50.9 Å². The second-order valence-corrected chi connectivity index (χ2v) is 10.4. The van der Waals surface area contributed by atoms with Crippen LogP contribution in [0.1, 0.15) is 11.1 Å². The van der Waals surface area contributed by atoms with Crippen LogP contribution in [-0.4, -0.2) is 11.1 Å². The number of nitrogens with zero attached hydrogens (tertiary/aromatic N) is 1. The summed E-state index contributed by atoms with van der Waals surface area (Å²) in [6, 6.07) is 25.2. The van der Waals surface area contributed by atoms with Gasteiger partial charge in [-0.2, -0.15) is 0 Å². The molecule has 1 aliphatic rings. The number of aliphatic imine (C=N–C) groups is 1. The Balaban J connectivity index is 1.31. The Bertz CT molecular complexity index is 1520. The van der Waals surface area contributed by atoms with Crippen molar-refractivity contribution in [1.29, 1.82) is 0 Å². The second-order valence-electron chi connectivity index (χ2n) is 7.69. The van der Waals surface area contributed by atoms with E-state index in [1.165, 1.54) is 22.5 Å². The monoisotopic (exact) mass is 582 g/mol. The van der Waals surface area contributed by atoms with E-state index in [4.69, 9.17) is 27.9 Å². The summed E-state index contributed by atoms with van der Waals surface area (Å²) in [4.78, 5) is 17.4. The van der Waals surface area contributed by atoms with Crippen LogP contribution in [0.15, 0.2) is 93.2 Å². The Morgan fingerprint density at radius 3 is 2.69 bits per heavy atom. The molecule has 0 unspecified atom stereocenters. The van der Waals surface area contributed by atoms with Crippen molar-refractivity contribution in [2.45, 2.75) is 6.61 Å². The molecular weight excluding hydrogens is 567 g/mol. The molecule has 4 aromatic carbocycles. The van der Waals surface area contributed by atoms with Gasteiger partial charge in [-0.25, -0.2) is 4.99 Å². The second kappa shape index (κ2) is 10.5. The van der Waals surface area contributed by atoms with Crippen molar-refractivity contribution in [3.8, 4) is 5.75 Å². The number of carbonyl (C=O) groups excluding carboxylic acids is 1. The number of carbonyl (C=O) groups is 1. The zero-order chi connectivity index (χ0) is 24.4. The van der Waals surface area contributed by atoms with Crippen LogP contribution in [0.3, 0.4) is 0 Å².